The summed E-state index contributed by atoms with van der Waals surface area (Å²) < 4.78 is 32.1. The van der Waals surface area contributed by atoms with Crippen LogP contribution in [0.1, 0.15) is 42.5 Å². The lowest BCUT2D eigenvalue weighted by atomic mass is 9.95. The highest BCUT2D eigenvalue weighted by molar-refractivity contribution is 7.89. The van der Waals surface area contributed by atoms with Crippen molar-refractivity contribution in [2.45, 2.75) is 43.0 Å². The van der Waals surface area contributed by atoms with Crippen molar-refractivity contribution in [1.82, 2.24) is 4.31 Å². The van der Waals surface area contributed by atoms with Gasteiger partial charge in [0.1, 0.15) is 4.90 Å². The third-order valence-electron chi connectivity index (χ3n) is 4.84. The van der Waals surface area contributed by atoms with Crippen LogP contribution in [0.4, 0.5) is 5.69 Å². The zero-order valence-electron chi connectivity index (χ0n) is 14.4. The van der Waals surface area contributed by atoms with E-state index < -0.39 is 16.0 Å². The molecule has 0 radical (unpaired) electrons. The quantitative estimate of drug-likeness (QED) is 0.802. The highest BCUT2D eigenvalue weighted by Crippen LogP contribution is 2.32. The Bertz CT molecular complexity index is 772. The monoisotopic (exact) mass is 401 g/mol. The van der Waals surface area contributed by atoms with E-state index in [0.717, 1.165) is 31.7 Å². The maximum Gasteiger partial charge on any atom is 0.244 e. The topological polar surface area (TPSA) is 98.8 Å². The molecule has 144 valence electrons. The molecule has 9 heteroatoms. The lowest BCUT2D eigenvalue weighted by Crippen LogP contribution is -2.40. The Labute approximate surface area is 158 Å². The van der Waals surface area contributed by atoms with Crippen LogP contribution in [0, 0.1) is 0 Å². The number of nitrogens with zero attached hydrogens (tertiary/aromatic N) is 1. The lowest BCUT2D eigenvalue weighted by molar-refractivity contribution is -0.254. The van der Waals surface area contributed by atoms with Crippen molar-refractivity contribution >= 4 is 33.3 Å². The smallest absolute Gasteiger partial charge is 0.244 e. The number of carboxylic acids is 1. The van der Waals surface area contributed by atoms with Crippen molar-refractivity contribution in [2.75, 3.05) is 31.6 Å². The summed E-state index contributed by atoms with van der Waals surface area (Å²) in [5.41, 5.74) is 0.120. The number of nitrogens with one attached hydrogen (secondary N) is 1. The molecule has 0 spiro atoms. The molecule has 1 aromatic rings. The molecule has 26 heavy (non-hydrogen) atoms. The summed E-state index contributed by atoms with van der Waals surface area (Å²) >= 11 is 6.24. The average Bonchev–Trinajstić information content (AvgIpc) is 2.63. The van der Waals surface area contributed by atoms with Gasteiger partial charge in [0, 0.05) is 30.4 Å². The minimum absolute atomic E-state index is 0.000184. The first-order chi connectivity index (χ1) is 12.4. The van der Waals surface area contributed by atoms with E-state index >= 15 is 0 Å². The highest BCUT2D eigenvalue weighted by Gasteiger charge is 2.29. The van der Waals surface area contributed by atoms with Gasteiger partial charge in [-0.3, -0.25) is 0 Å². The molecular formula is C17H22ClN2O5S-. The standard InChI is InChI=1S/C17H23ClN2O5S/c18-14-11-15(19-12-4-2-1-3-5-12)13(17(21)22)10-16(14)26(23,24)20-6-8-25-9-7-20/h10-12,19H,1-9H2,(H,21,22)/p-1. The van der Waals surface area contributed by atoms with Gasteiger partial charge in [-0.15, -0.1) is 0 Å². The zero-order valence-corrected chi connectivity index (χ0v) is 15.9. The maximum atomic E-state index is 12.8. The number of ether oxygens (including phenoxy) is 1. The largest absolute Gasteiger partial charge is 0.545 e. The van der Waals surface area contributed by atoms with Gasteiger partial charge in [-0.1, -0.05) is 30.9 Å². The Kier molecular flexibility index (Phi) is 6.06. The van der Waals surface area contributed by atoms with Crippen molar-refractivity contribution in [3.05, 3.63) is 22.7 Å². The van der Waals surface area contributed by atoms with Crippen LogP contribution in [0.15, 0.2) is 17.0 Å². The number of aromatic carboxylic acids is 1. The number of rotatable bonds is 5. The number of halogens is 1. The molecule has 3 rings (SSSR count). The highest BCUT2D eigenvalue weighted by atomic mass is 35.5. The first-order valence-electron chi connectivity index (χ1n) is 8.79. The van der Waals surface area contributed by atoms with E-state index in [2.05, 4.69) is 5.32 Å². The van der Waals surface area contributed by atoms with Gasteiger partial charge in [-0.2, -0.15) is 4.31 Å². The summed E-state index contributed by atoms with van der Waals surface area (Å²) in [5, 5.41) is 14.8. The minimum Gasteiger partial charge on any atom is -0.545 e. The number of benzene rings is 1. The van der Waals surface area contributed by atoms with Crippen LogP contribution >= 0.6 is 11.6 Å². The molecule has 1 saturated carbocycles. The second-order valence-electron chi connectivity index (χ2n) is 6.61. The summed E-state index contributed by atoms with van der Waals surface area (Å²) in [6, 6.07) is 2.64. The second-order valence-corrected chi connectivity index (χ2v) is 8.92. The maximum absolute atomic E-state index is 12.8. The molecule has 7 nitrogen and oxygen atoms in total. The number of morpholine rings is 1. The number of anilines is 1. The molecule has 2 fully saturated rings. The summed E-state index contributed by atoms with van der Waals surface area (Å²) in [4.78, 5) is 11.4. The summed E-state index contributed by atoms with van der Waals surface area (Å²) in [7, 11) is -3.90. The van der Waals surface area contributed by atoms with Gasteiger partial charge in [0.15, 0.2) is 0 Å². The fourth-order valence-corrected chi connectivity index (χ4v) is 5.37. The van der Waals surface area contributed by atoms with Crippen molar-refractivity contribution in [3.63, 3.8) is 0 Å². The third kappa shape index (κ3) is 4.14. The molecule has 1 saturated heterocycles. The number of carbonyl (C=O) groups excluding carboxylic acids is 1. The fourth-order valence-electron chi connectivity index (χ4n) is 3.43. The summed E-state index contributed by atoms with van der Waals surface area (Å²) in [6.07, 6.45) is 5.21. The number of carbonyl (C=O) groups is 1. The second kappa shape index (κ2) is 8.12. The third-order valence-corrected chi connectivity index (χ3v) is 7.21. The first-order valence-corrected chi connectivity index (χ1v) is 10.6. The van der Waals surface area contributed by atoms with Crippen LogP contribution in [-0.4, -0.2) is 51.0 Å². The normalized spacial score (nSPS) is 20.0. The molecule has 1 heterocycles. The average molecular weight is 402 g/mol. The van der Waals surface area contributed by atoms with Gasteiger partial charge in [-0.25, -0.2) is 8.42 Å². The molecule has 0 atom stereocenters. The molecule has 1 aliphatic carbocycles. The van der Waals surface area contributed by atoms with Crippen LogP contribution in [0.25, 0.3) is 0 Å². The minimum atomic E-state index is -3.90. The van der Waals surface area contributed by atoms with Crippen LogP contribution < -0.4 is 10.4 Å². The summed E-state index contributed by atoms with van der Waals surface area (Å²) in [5.74, 6) is -1.43. The predicted molar refractivity (Wildman–Crippen MR) is 95.9 cm³/mol. The van der Waals surface area contributed by atoms with Crippen LogP contribution in [0.3, 0.4) is 0 Å². The molecule has 0 amide bonds. The Morgan fingerprint density at radius 3 is 2.46 bits per heavy atom. The molecule has 0 bridgehead atoms. The molecule has 0 unspecified atom stereocenters. The molecule has 1 aliphatic heterocycles. The Morgan fingerprint density at radius 2 is 1.85 bits per heavy atom. The molecule has 0 aromatic heterocycles. The number of hydrogen-bond donors (Lipinski definition) is 1. The van der Waals surface area contributed by atoms with E-state index in [0.29, 0.717) is 18.9 Å². The van der Waals surface area contributed by atoms with Crippen LogP contribution in [-0.2, 0) is 14.8 Å². The van der Waals surface area contributed by atoms with Gasteiger partial charge >= 0.3 is 0 Å². The molecule has 1 N–H and O–H groups in total. The van der Waals surface area contributed by atoms with E-state index in [4.69, 9.17) is 16.3 Å². The number of sulfonamides is 1. The van der Waals surface area contributed by atoms with Crippen molar-refractivity contribution in [3.8, 4) is 0 Å². The van der Waals surface area contributed by atoms with E-state index in [9.17, 15) is 18.3 Å². The Balaban J connectivity index is 1.94. The van der Waals surface area contributed by atoms with Crippen molar-refractivity contribution < 1.29 is 23.1 Å². The van der Waals surface area contributed by atoms with Crippen LogP contribution in [0.5, 0.6) is 0 Å². The van der Waals surface area contributed by atoms with Crippen LogP contribution in [0.2, 0.25) is 5.02 Å². The number of carboxylic acid groups (broad SMARTS) is 1. The van der Waals surface area contributed by atoms with Gasteiger partial charge in [0.25, 0.3) is 0 Å². The lowest BCUT2D eigenvalue weighted by Gasteiger charge is -2.28. The van der Waals surface area contributed by atoms with Gasteiger partial charge in [0.2, 0.25) is 10.0 Å². The molecule has 2 aliphatic rings. The van der Waals surface area contributed by atoms with Gasteiger partial charge in [0.05, 0.1) is 24.2 Å². The van der Waals surface area contributed by atoms with E-state index in [-0.39, 0.29) is 34.6 Å². The van der Waals surface area contributed by atoms with E-state index in [1.807, 2.05) is 0 Å². The summed E-state index contributed by atoms with van der Waals surface area (Å²) in [6.45, 7) is 1.01. The zero-order chi connectivity index (χ0) is 18.7. The Hall–Kier alpha value is -1.35. The first kappa shape index (κ1) is 19.4. The van der Waals surface area contributed by atoms with E-state index in [1.165, 1.54) is 16.8 Å². The fraction of sp³-hybridized carbons (Fsp3) is 0.588. The van der Waals surface area contributed by atoms with Gasteiger partial charge in [-0.05, 0) is 25.0 Å². The van der Waals surface area contributed by atoms with Crippen molar-refractivity contribution in [2.24, 2.45) is 0 Å². The SMILES string of the molecule is O=C([O-])c1cc(S(=O)(=O)N2CCOCC2)c(Cl)cc1NC1CCCCC1. The van der Waals surface area contributed by atoms with Gasteiger partial charge < -0.3 is 20.0 Å². The van der Waals surface area contributed by atoms with Crippen molar-refractivity contribution in [1.29, 1.82) is 0 Å². The molecule has 1 aromatic carbocycles. The Morgan fingerprint density at radius 1 is 1.19 bits per heavy atom. The molecular weight excluding hydrogens is 380 g/mol. The number of hydrogen-bond acceptors (Lipinski definition) is 6. The van der Waals surface area contributed by atoms with E-state index in [1.54, 1.807) is 0 Å². The predicted octanol–water partition coefficient (Wildman–Crippen LogP) is 1.47.